The molecule has 1 atom stereocenters. The van der Waals surface area contributed by atoms with Gasteiger partial charge in [0.1, 0.15) is 9.77 Å². The second-order valence-electron chi connectivity index (χ2n) is 6.80. The first-order valence-corrected chi connectivity index (χ1v) is 12.9. The van der Waals surface area contributed by atoms with Crippen molar-refractivity contribution >= 4 is 45.0 Å². The first kappa shape index (κ1) is 22.8. The van der Waals surface area contributed by atoms with Gasteiger partial charge < -0.3 is 9.64 Å². The number of esters is 1. The zero-order valence-electron chi connectivity index (χ0n) is 16.8. The van der Waals surface area contributed by atoms with Crippen molar-refractivity contribution in [1.82, 2.24) is 9.21 Å². The van der Waals surface area contributed by atoms with E-state index >= 15 is 0 Å². The number of likely N-dealkylation sites (N-methyl/N-ethyl adjacent to an activating group) is 1. The third kappa shape index (κ3) is 5.05. The summed E-state index contributed by atoms with van der Waals surface area (Å²) in [4.78, 5) is 26.5. The molecule has 1 aromatic heterocycles. The lowest BCUT2D eigenvalue weighted by molar-refractivity contribution is -0.135. The summed E-state index contributed by atoms with van der Waals surface area (Å²) >= 11 is 2.70. The molecular formula is C20H24N2O5S3. The van der Waals surface area contributed by atoms with Crippen molar-refractivity contribution < 1.29 is 22.7 Å². The van der Waals surface area contributed by atoms with Crippen molar-refractivity contribution in [3.8, 4) is 0 Å². The summed E-state index contributed by atoms with van der Waals surface area (Å²) in [6, 6.07) is 10.8. The SMILES string of the molecule is CC(c1ccccc1)N(C)C(=O)COC(=O)c1sccc1S(=O)(=O)N1CCSCC1. The van der Waals surface area contributed by atoms with Crippen molar-refractivity contribution in [2.45, 2.75) is 17.9 Å². The first-order chi connectivity index (χ1) is 14.3. The molecule has 0 radical (unpaired) electrons. The van der Waals surface area contributed by atoms with Crippen LogP contribution in [0.2, 0.25) is 0 Å². The van der Waals surface area contributed by atoms with Gasteiger partial charge >= 0.3 is 5.97 Å². The molecule has 3 rings (SSSR count). The summed E-state index contributed by atoms with van der Waals surface area (Å²) in [6.45, 7) is 2.26. The predicted octanol–water partition coefficient (Wildman–Crippen LogP) is 2.86. The smallest absolute Gasteiger partial charge is 0.350 e. The van der Waals surface area contributed by atoms with E-state index in [1.807, 2.05) is 37.3 Å². The standard InChI is InChI=1S/C20H24N2O5S3/c1-15(16-6-4-3-5-7-16)21(2)18(23)14-27-20(24)19-17(8-11-29-19)30(25,26)22-9-12-28-13-10-22/h3-8,11,15H,9-10,12-14H2,1-2H3. The summed E-state index contributed by atoms with van der Waals surface area (Å²) in [6.07, 6.45) is 0. The summed E-state index contributed by atoms with van der Waals surface area (Å²) < 4.78 is 32.4. The van der Waals surface area contributed by atoms with Crippen LogP contribution in [0.3, 0.4) is 0 Å². The van der Waals surface area contributed by atoms with Crippen molar-refractivity contribution in [1.29, 1.82) is 0 Å². The highest BCUT2D eigenvalue weighted by Gasteiger charge is 2.32. The number of hydrogen-bond acceptors (Lipinski definition) is 7. The molecule has 1 saturated heterocycles. The minimum Gasteiger partial charge on any atom is -0.451 e. The summed E-state index contributed by atoms with van der Waals surface area (Å²) in [7, 11) is -2.12. The van der Waals surface area contributed by atoms with Crippen LogP contribution in [0.15, 0.2) is 46.7 Å². The second-order valence-corrected chi connectivity index (χ2v) is 10.8. The Balaban J connectivity index is 1.64. The lowest BCUT2D eigenvalue weighted by atomic mass is 10.1. The van der Waals surface area contributed by atoms with Gasteiger partial charge in [-0.25, -0.2) is 13.2 Å². The average Bonchev–Trinajstić information content (AvgIpc) is 3.28. The molecule has 0 N–H and O–H groups in total. The van der Waals surface area contributed by atoms with Gasteiger partial charge in [0.2, 0.25) is 10.0 Å². The number of benzene rings is 1. The van der Waals surface area contributed by atoms with E-state index in [-0.39, 0.29) is 21.7 Å². The summed E-state index contributed by atoms with van der Waals surface area (Å²) in [5, 5.41) is 1.55. The Morgan fingerprint density at radius 3 is 2.50 bits per heavy atom. The van der Waals surface area contributed by atoms with Crippen LogP contribution in [-0.4, -0.2) is 67.7 Å². The number of carbonyl (C=O) groups is 2. The monoisotopic (exact) mass is 468 g/mol. The number of hydrogen-bond donors (Lipinski definition) is 0. The highest BCUT2D eigenvalue weighted by Crippen LogP contribution is 2.28. The van der Waals surface area contributed by atoms with E-state index in [1.165, 1.54) is 15.3 Å². The van der Waals surface area contributed by atoms with Crippen LogP contribution in [0.4, 0.5) is 0 Å². The Labute approximate surface area is 185 Å². The summed E-state index contributed by atoms with van der Waals surface area (Å²) in [5.74, 6) is 0.283. The normalized spacial score (nSPS) is 16.1. The van der Waals surface area contributed by atoms with Crippen molar-refractivity contribution in [2.75, 3.05) is 38.2 Å². The van der Waals surface area contributed by atoms with Gasteiger partial charge in [0.05, 0.1) is 6.04 Å². The van der Waals surface area contributed by atoms with E-state index in [0.29, 0.717) is 13.1 Å². The number of rotatable bonds is 7. The van der Waals surface area contributed by atoms with Gasteiger partial charge in [-0.3, -0.25) is 4.79 Å². The largest absolute Gasteiger partial charge is 0.451 e. The molecule has 30 heavy (non-hydrogen) atoms. The third-order valence-electron chi connectivity index (χ3n) is 4.99. The molecule has 1 unspecified atom stereocenters. The van der Waals surface area contributed by atoms with E-state index in [9.17, 15) is 18.0 Å². The number of thioether (sulfide) groups is 1. The molecule has 10 heteroatoms. The van der Waals surface area contributed by atoms with Crippen LogP contribution in [-0.2, 0) is 19.6 Å². The zero-order chi connectivity index (χ0) is 21.7. The second kappa shape index (κ2) is 9.95. The molecule has 1 fully saturated rings. The minimum absolute atomic E-state index is 0.000197. The van der Waals surface area contributed by atoms with E-state index in [0.717, 1.165) is 28.4 Å². The number of thiophene rings is 1. The third-order valence-corrected chi connectivity index (χ3v) is 8.89. The van der Waals surface area contributed by atoms with Crippen LogP contribution < -0.4 is 0 Å². The van der Waals surface area contributed by atoms with Gasteiger partial charge in [0, 0.05) is 31.6 Å². The highest BCUT2D eigenvalue weighted by molar-refractivity contribution is 7.99. The molecule has 1 aliphatic heterocycles. The number of amides is 1. The fourth-order valence-corrected chi connectivity index (χ4v) is 6.90. The van der Waals surface area contributed by atoms with Crippen LogP contribution in [0.5, 0.6) is 0 Å². The maximum atomic E-state index is 12.9. The van der Waals surface area contributed by atoms with Gasteiger partial charge in [-0.2, -0.15) is 16.1 Å². The molecule has 7 nitrogen and oxygen atoms in total. The minimum atomic E-state index is -3.76. The topological polar surface area (TPSA) is 84.0 Å². The highest BCUT2D eigenvalue weighted by atomic mass is 32.2. The van der Waals surface area contributed by atoms with Crippen molar-refractivity contribution in [2.24, 2.45) is 0 Å². The molecule has 162 valence electrons. The molecule has 0 spiro atoms. The Morgan fingerprint density at radius 1 is 1.17 bits per heavy atom. The fraction of sp³-hybridized carbons (Fsp3) is 0.400. The number of sulfonamides is 1. The van der Waals surface area contributed by atoms with E-state index in [1.54, 1.807) is 24.2 Å². The number of nitrogens with zero attached hydrogens (tertiary/aromatic N) is 2. The molecule has 1 amide bonds. The molecule has 1 aliphatic rings. The molecule has 0 bridgehead atoms. The van der Waals surface area contributed by atoms with Crippen LogP contribution in [0, 0.1) is 0 Å². The quantitative estimate of drug-likeness (QED) is 0.581. The maximum absolute atomic E-state index is 12.9. The molecule has 2 heterocycles. The molecule has 0 aliphatic carbocycles. The zero-order valence-corrected chi connectivity index (χ0v) is 19.3. The Bertz CT molecular complexity index is 985. The van der Waals surface area contributed by atoms with E-state index < -0.39 is 22.6 Å². The Hall–Kier alpha value is -1.88. The lowest BCUT2D eigenvalue weighted by Gasteiger charge is -2.26. The van der Waals surface area contributed by atoms with Gasteiger partial charge in [0.15, 0.2) is 6.61 Å². The van der Waals surface area contributed by atoms with Gasteiger partial charge in [-0.1, -0.05) is 30.3 Å². The lowest BCUT2D eigenvalue weighted by Crippen LogP contribution is -2.38. The van der Waals surface area contributed by atoms with Crippen molar-refractivity contribution in [3.63, 3.8) is 0 Å². The predicted molar refractivity (Wildman–Crippen MR) is 118 cm³/mol. The molecular weight excluding hydrogens is 444 g/mol. The van der Waals surface area contributed by atoms with Gasteiger partial charge in [0.25, 0.3) is 5.91 Å². The van der Waals surface area contributed by atoms with Crippen LogP contribution in [0.25, 0.3) is 0 Å². The molecule has 0 saturated carbocycles. The fourth-order valence-electron chi connectivity index (χ4n) is 3.04. The average molecular weight is 469 g/mol. The molecule has 1 aromatic carbocycles. The summed E-state index contributed by atoms with van der Waals surface area (Å²) in [5.41, 5.74) is 0.964. The van der Waals surface area contributed by atoms with E-state index in [2.05, 4.69) is 0 Å². The van der Waals surface area contributed by atoms with Crippen molar-refractivity contribution in [3.05, 3.63) is 52.2 Å². The van der Waals surface area contributed by atoms with Gasteiger partial charge in [-0.05, 0) is 23.9 Å². The number of ether oxygens (including phenoxy) is 1. The molecule has 2 aromatic rings. The van der Waals surface area contributed by atoms with E-state index in [4.69, 9.17) is 4.74 Å². The Kier molecular flexibility index (Phi) is 7.56. The Morgan fingerprint density at radius 2 is 1.83 bits per heavy atom. The first-order valence-electron chi connectivity index (χ1n) is 9.45. The van der Waals surface area contributed by atoms with Crippen LogP contribution in [0.1, 0.15) is 28.2 Å². The van der Waals surface area contributed by atoms with Gasteiger partial charge in [-0.15, -0.1) is 11.3 Å². The maximum Gasteiger partial charge on any atom is 0.350 e. The number of carbonyl (C=O) groups excluding carboxylic acids is 2. The van der Waals surface area contributed by atoms with Crippen LogP contribution >= 0.6 is 23.1 Å².